The molecule has 0 aromatic heterocycles. The summed E-state index contributed by atoms with van der Waals surface area (Å²) in [6.45, 7) is 6.33. The number of rotatable bonds is 3. The van der Waals surface area contributed by atoms with Crippen molar-refractivity contribution >= 4 is 0 Å². The molecule has 18 heavy (non-hydrogen) atoms. The maximum absolute atomic E-state index is 9.87. The van der Waals surface area contributed by atoms with Gasteiger partial charge in [0.1, 0.15) is 18.1 Å². The first-order valence-corrected chi connectivity index (χ1v) is 6.05. The minimum absolute atomic E-state index is 0.361. The third-order valence-corrected chi connectivity index (χ3v) is 3.16. The average molecular weight is 242 g/mol. The number of benzene rings is 2. The smallest absolute Gasteiger partial charge is 0.121 e. The van der Waals surface area contributed by atoms with E-state index < -0.39 is 0 Å². The fourth-order valence-electron chi connectivity index (χ4n) is 1.83. The van der Waals surface area contributed by atoms with Gasteiger partial charge in [0.25, 0.3) is 0 Å². The summed E-state index contributed by atoms with van der Waals surface area (Å²) in [6.07, 6.45) is 0. The second-order valence-corrected chi connectivity index (χ2v) is 4.62. The highest BCUT2D eigenvalue weighted by Gasteiger charge is 2.06. The zero-order valence-corrected chi connectivity index (χ0v) is 11.0. The maximum atomic E-state index is 9.87. The molecule has 2 heteroatoms. The molecule has 0 amide bonds. The van der Waals surface area contributed by atoms with Crippen LogP contribution < -0.4 is 4.74 Å². The average Bonchev–Trinajstić information content (AvgIpc) is 2.37. The molecule has 0 saturated carbocycles. The Morgan fingerprint density at radius 3 is 2.28 bits per heavy atom. The van der Waals surface area contributed by atoms with E-state index in [9.17, 15) is 5.11 Å². The van der Waals surface area contributed by atoms with Gasteiger partial charge in [-0.25, -0.2) is 0 Å². The van der Waals surface area contributed by atoms with Gasteiger partial charge in [0, 0.05) is 0 Å². The van der Waals surface area contributed by atoms with Gasteiger partial charge >= 0.3 is 0 Å². The van der Waals surface area contributed by atoms with Crippen molar-refractivity contribution in [3.8, 4) is 11.5 Å². The molecule has 0 heterocycles. The van der Waals surface area contributed by atoms with Crippen molar-refractivity contribution < 1.29 is 9.84 Å². The lowest BCUT2D eigenvalue weighted by atomic mass is 10.0. The molecule has 0 aliphatic carbocycles. The number of ether oxygens (including phenoxy) is 1. The summed E-state index contributed by atoms with van der Waals surface area (Å²) in [4.78, 5) is 0. The van der Waals surface area contributed by atoms with Gasteiger partial charge in [-0.15, -0.1) is 0 Å². The first-order chi connectivity index (χ1) is 8.58. The van der Waals surface area contributed by atoms with Crippen molar-refractivity contribution in [2.75, 3.05) is 0 Å². The minimum atomic E-state index is 0.361. The fraction of sp³-hybridized carbons (Fsp3) is 0.250. The summed E-state index contributed by atoms with van der Waals surface area (Å²) >= 11 is 0. The van der Waals surface area contributed by atoms with E-state index in [0.29, 0.717) is 12.4 Å². The lowest BCUT2D eigenvalue weighted by Gasteiger charge is -2.11. The normalized spacial score (nSPS) is 10.4. The van der Waals surface area contributed by atoms with Crippen LogP contribution in [0.2, 0.25) is 0 Å². The van der Waals surface area contributed by atoms with E-state index in [1.165, 1.54) is 5.56 Å². The van der Waals surface area contributed by atoms with Gasteiger partial charge in [-0.3, -0.25) is 0 Å². The highest BCUT2D eigenvalue weighted by molar-refractivity contribution is 5.44. The van der Waals surface area contributed by atoms with Crippen LogP contribution in [0.1, 0.15) is 22.3 Å². The molecule has 0 aliphatic rings. The number of phenolic OH excluding ortho intramolecular Hbond substituents is 1. The van der Waals surface area contributed by atoms with Gasteiger partial charge in [0.2, 0.25) is 0 Å². The van der Waals surface area contributed by atoms with E-state index in [1.54, 1.807) is 0 Å². The third-order valence-electron chi connectivity index (χ3n) is 3.16. The first-order valence-electron chi connectivity index (χ1n) is 6.05. The van der Waals surface area contributed by atoms with Crippen LogP contribution in [0.15, 0.2) is 36.4 Å². The van der Waals surface area contributed by atoms with Gasteiger partial charge < -0.3 is 9.84 Å². The summed E-state index contributed by atoms with van der Waals surface area (Å²) in [7, 11) is 0. The van der Waals surface area contributed by atoms with Gasteiger partial charge in [-0.1, -0.05) is 29.8 Å². The van der Waals surface area contributed by atoms with Crippen molar-refractivity contribution in [3.63, 3.8) is 0 Å². The van der Waals surface area contributed by atoms with E-state index in [0.717, 1.165) is 22.4 Å². The zero-order valence-electron chi connectivity index (χ0n) is 11.0. The number of phenols is 1. The standard InChI is InChI=1S/C16H18O2/c1-11-4-8-15(9-5-11)18-10-14-7-6-12(2)16(17)13(14)3/h4-9,17H,10H2,1-3H3. The largest absolute Gasteiger partial charge is 0.507 e. The highest BCUT2D eigenvalue weighted by Crippen LogP contribution is 2.25. The molecule has 0 unspecified atom stereocenters. The van der Waals surface area contributed by atoms with Crippen molar-refractivity contribution in [2.45, 2.75) is 27.4 Å². The number of aromatic hydroxyl groups is 1. The van der Waals surface area contributed by atoms with Crippen LogP contribution in [0.3, 0.4) is 0 Å². The summed E-state index contributed by atoms with van der Waals surface area (Å²) in [5, 5.41) is 9.87. The van der Waals surface area contributed by atoms with Crippen molar-refractivity contribution in [3.05, 3.63) is 58.7 Å². The summed E-state index contributed by atoms with van der Waals surface area (Å²) in [5.41, 5.74) is 4.01. The molecule has 0 bridgehead atoms. The molecule has 2 aromatic rings. The number of hydrogen-bond donors (Lipinski definition) is 1. The Morgan fingerprint density at radius 2 is 1.61 bits per heavy atom. The summed E-state index contributed by atoms with van der Waals surface area (Å²) < 4.78 is 5.71. The molecule has 0 saturated heterocycles. The molecular formula is C16H18O2. The van der Waals surface area contributed by atoms with Crippen molar-refractivity contribution in [1.29, 1.82) is 0 Å². The van der Waals surface area contributed by atoms with Gasteiger partial charge in [-0.2, -0.15) is 0 Å². The molecule has 0 atom stereocenters. The Bertz CT molecular complexity index is 542. The lowest BCUT2D eigenvalue weighted by molar-refractivity contribution is 0.304. The Kier molecular flexibility index (Phi) is 3.56. The number of aryl methyl sites for hydroxylation is 2. The molecule has 2 rings (SSSR count). The highest BCUT2D eigenvalue weighted by atomic mass is 16.5. The molecule has 0 spiro atoms. The SMILES string of the molecule is Cc1ccc(OCc2ccc(C)c(O)c2C)cc1. The topological polar surface area (TPSA) is 29.5 Å². The molecule has 1 N–H and O–H groups in total. The fourth-order valence-corrected chi connectivity index (χ4v) is 1.83. The predicted octanol–water partition coefficient (Wildman–Crippen LogP) is 3.90. The second-order valence-electron chi connectivity index (χ2n) is 4.62. The van der Waals surface area contributed by atoms with E-state index >= 15 is 0 Å². The summed E-state index contributed by atoms with van der Waals surface area (Å²) in [6, 6.07) is 11.9. The monoisotopic (exact) mass is 242 g/mol. The lowest BCUT2D eigenvalue weighted by Crippen LogP contribution is -1.98. The molecular weight excluding hydrogens is 224 g/mol. The van der Waals surface area contributed by atoms with Crippen LogP contribution in [-0.4, -0.2) is 5.11 Å². The van der Waals surface area contributed by atoms with Gasteiger partial charge in [-0.05, 0) is 49.6 Å². The second kappa shape index (κ2) is 5.13. The van der Waals surface area contributed by atoms with Crippen LogP contribution in [0.25, 0.3) is 0 Å². The molecule has 0 aliphatic heterocycles. The van der Waals surface area contributed by atoms with Crippen LogP contribution in [0, 0.1) is 20.8 Å². The van der Waals surface area contributed by atoms with Crippen molar-refractivity contribution in [2.24, 2.45) is 0 Å². The Hall–Kier alpha value is -1.96. The molecule has 2 nitrogen and oxygen atoms in total. The Labute approximate surface area is 108 Å². The van der Waals surface area contributed by atoms with E-state index in [-0.39, 0.29) is 0 Å². The first kappa shape index (κ1) is 12.5. The van der Waals surface area contributed by atoms with E-state index in [2.05, 4.69) is 0 Å². The van der Waals surface area contributed by atoms with E-state index in [1.807, 2.05) is 57.2 Å². The Balaban J connectivity index is 2.11. The molecule has 0 radical (unpaired) electrons. The third kappa shape index (κ3) is 2.65. The van der Waals surface area contributed by atoms with Gasteiger partial charge in [0.15, 0.2) is 0 Å². The maximum Gasteiger partial charge on any atom is 0.121 e. The van der Waals surface area contributed by atoms with Crippen LogP contribution >= 0.6 is 0 Å². The van der Waals surface area contributed by atoms with E-state index in [4.69, 9.17) is 4.74 Å². The van der Waals surface area contributed by atoms with Crippen LogP contribution in [-0.2, 0) is 6.61 Å². The molecule has 2 aromatic carbocycles. The van der Waals surface area contributed by atoms with Gasteiger partial charge in [0.05, 0.1) is 0 Å². The zero-order chi connectivity index (χ0) is 13.1. The molecule has 0 fully saturated rings. The minimum Gasteiger partial charge on any atom is -0.507 e. The van der Waals surface area contributed by atoms with Crippen molar-refractivity contribution in [1.82, 2.24) is 0 Å². The van der Waals surface area contributed by atoms with Crippen LogP contribution in [0.4, 0.5) is 0 Å². The van der Waals surface area contributed by atoms with Crippen LogP contribution in [0.5, 0.6) is 11.5 Å². The number of hydrogen-bond acceptors (Lipinski definition) is 2. The Morgan fingerprint density at radius 1 is 0.944 bits per heavy atom. The summed E-state index contributed by atoms with van der Waals surface area (Å²) in [5.74, 6) is 1.21. The predicted molar refractivity (Wildman–Crippen MR) is 73.1 cm³/mol. The quantitative estimate of drug-likeness (QED) is 0.884. The molecule has 94 valence electrons.